The molecule has 0 N–H and O–H groups in total. The summed E-state index contributed by atoms with van der Waals surface area (Å²) >= 11 is 1.81. The molecule has 2 aliphatic heterocycles. The van der Waals surface area contributed by atoms with Crippen LogP contribution in [0.2, 0.25) is 0 Å². The number of hydrogen-bond donors (Lipinski definition) is 0. The summed E-state index contributed by atoms with van der Waals surface area (Å²) < 4.78 is 4.83. The van der Waals surface area contributed by atoms with E-state index in [2.05, 4.69) is 69.4 Å². The fourth-order valence-electron chi connectivity index (χ4n) is 3.38. The summed E-state index contributed by atoms with van der Waals surface area (Å²) in [7, 11) is 0. The largest absolute Gasteiger partial charge is 0.309 e. The third-order valence-corrected chi connectivity index (χ3v) is 5.83. The van der Waals surface area contributed by atoms with Crippen LogP contribution < -0.4 is 4.31 Å². The van der Waals surface area contributed by atoms with Gasteiger partial charge in [0.15, 0.2) is 6.19 Å². The van der Waals surface area contributed by atoms with Gasteiger partial charge in [-0.15, -0.1) is 0 Å². The summed E-state index contributed by atoms with van der Waals surface area (Å²) in [5, 5.41) is 9.13. The van der Waals surface area contributed by atoms with E-state index < -0.39 is 0 Å². The predicted molar refractivity (Wildman–Crippen MR) is 97.8 cm³/mol. The molecule has 2 aromatic rings. The van der Waals surface area contributed by atoms with Gasteiger partial charge in [0.25, 0.3) is 0 Å². The highest BCUT2D eigenvalue weighted by molar-refractivity contribution is 7.98. The minimum Gasteiger partial charge on any atom is -0.309 e. The molecule has 4 nitrogen and oxygen atoms in total. The molecule has 0 aliphatic carbocycles. The van der Waals surface area contributed by atoms with E-state index in [9.17, 15) is 0 Å². The Bertz CT molecular complexity index is 743. The van der Waals surface area contributed by atoms with Gasteiger partial charge in [-0.25, -0.2) is 4.31 Å². The first-order valence-corrected chi connectivity index (χ1v) is 9.05. The van der Waals surface area contributed by atoms with Crippen LogP contribution >= 0.6 is 12.1 Å². The molecule has 0 saturated carbocycles. The van der Waals surface area contributed by atoms with Gasteiger partial charge < -0.3 is 4.90 Å². The van der Waals surface area contributed by atoms with E-state index in [0.29, 0.717) is 6.04 Å². The fourth-order valence-corrected chi connectivity index (χ4v) is 4.61. The second-order valence-electron chi connectivity index (χ2n) is 6.30. The lowest BCUT2D eigenvalue weighted by Crippen LogP contribution is -2.38. The van der Waals surface area contributed by atoms with E-state index in [1.165, 1.54) is 16.8 Å². The van der Waals surface area contributed by atoms with Crippen LogP contribution in [0.4, 0.5) is 5.69 Å². The first-order valence-electron chi connectivity index (χ1n) is 8.32. The molecule has 0 radical (unpaired) electrons. The number of anilines is 1. The fraction of sp³-hybridized carbons (Fsp3) is 0.316. The molecule has 0 amide bonds. The van der Waals surface area contributed by atoms with E-state index in [1.807, 2.05) is 17.0 Å². The van der Waals surface area contributed by atoms with Crippen molar-refractivity contribution in [2.45, 2.75) is 25.6 Å². The van der Waals surface area contributed by atoms with Crippen molar-refractivity contribution in [3.63, 3.8) is 0 Å². The molecule has 2 aliphatic rings. The minimum atomic E-state index is 0.432. The average Bonchev–Trinajstić information content (AvgIpc) is 3.12. The van der Waals surface area contributed by atoms with Crippen LogP contribution in [0.5, 0.6) is 0 Å². The Balaban J connectivity index is 1.57. The highest BCUT2D eigenvalue weighted by Crippen LogP contribution is 2.39. The number of hydrogen-bond acceptors (Lipinski definition) is 5. The summed E-state index contributed by atoms with van der Waals surface area (Å²) in [6, 6.07) is 19.7. The number of benzene rings is 2. The van der Waals surface area contributed by atoms with E-state index >= 15 is 0 Å². The van der Waals surface area contributed by atoms with Crippen molar-refractivity contribution in [2.75, 3.05) is 17.4 Å². The highest BCUT2D eigenvalue weighted by atomic mass is 32.2. The molecular weight excluding hydrogens is 316 g/mol. The maximum absolute atomic E-state index is 9.13. The van der Waals surface area contributed by atoms with Crippen molar-refractivity contribution in [3.05, 3.63) is 65.7 Å². The van der Waals surface area contributed by atoms with Crippen molar-refractivity contribution in [1.82, 2.24) is 9.21 Å². The molecule has 0 bridgehead atoms. The van der Waals surface area contributed by atoms with Gasteiger partial charge in [-0.2, -0.15) is 5.26 Å². The Morgan fingerprint density at radius 1 is 1.08 bits per heavy atom. The quantitative estimate of drug-likeness (QED) is 0.631. The smallest absolute Gasteiger partial charge is 0.179 e. The first kappa shape index (κ1) is 15.4. The van der Waals surface area contributed by atoms with Crippen LogP contribution in [-0.2, 0) is 13.1 Å². The number of likely N-dealkylation sites (tertiary alicyclic amines) is 1. The number of rotatable bonds is 3. The first-order chi connectivity index (χ1) is 11.8. The molecule has 122 valence electrons. The molecule has 1 fully saturated rings. The molecule has 0 spiro atoms. The number of fused-ring (bicyclic) bond motifs is 1. The van der Waals surface area contributed by atoms with Gasteiger partial charge in [0.1, 0.15) is 0 Å². The van der Waals surface area contributed by atoms with E-state index in [1.54, 1.807) is 0 Å². The molecule has 5 heteroatoms. The lowest BCUT2D eigenvalue weighted by atomic mass is 10.1. The zero-order chi connectivity index (χ0) is 16.4. The predicted octanol–water partition coefficient (Wildman–Crippen LogP) is 3.63. The van der Waals surface area contributed by atoms with Crippen molar-refractivity contribution in [2.24, 2.45) is 0 Å². The van der Waals surface area contributed by atoms with Crippen LogP contribution in [0.3, 0.4) is 0 Å². The zero-order valence-corrected chi connectivity index (χ0v) is 14.3. The van der Waals surface area contributed by atoms with Crippen LogP contribution in [0.15, 0.2) is 54.6 Å². The van der Waals surface area contributed by atoms with Crippen LogP contribution in [0.1, 0.15) is 17.5 Å². The Morgan fingerprint density at radius 2 is 1.88 bits per heavy atom. The summed E-state index contributed by atoms with van der Waals surface area (Å²) in [6.07, 6.45) is 3.34. The van der Waals surface area contributed by atoms with Gasteiger partial charge >= 0.3 is 0 Å². The molecule has 1 atom stereocenters. The van der Waals surface area contributed by atoms with E-state index in [-0.39, 0.29) is 0 Å². The Labute approximate surface area is 147 Å². The molecule has 4 rings (SSSR count). The monoisotopic (exact) mass is 336 g/mol. The maximum atomic E-state index is 9.13. The van der Waals surface area contributed by atoms with Crippen molar-refractivity contribution >= 4 is 17.8 Å². The molecule has 2 heterocycles. The summed E-state index contributed by atoms with van der Waals surface area (Å²) in [5.74, 6) is 0. The second kappa shape index (κ2) is 6.76. The van der Waals surface area contributed by atoms with Gasteiger partial charge in [0.05, 0.1) is 12.2 Å². The molecule has 1 unspecified atom stereocenters. The molecule has 24 heavy (non-hydrogen) atoms. The average molecular weight is 336 g/mol. The van der Waals surface area contributed by atoms with Crippen LogP contribution in [0.25, 0.3) is 0 Å². The normalized spacial score (nSPS) is 20.7. The minimum absolute atomic E-state index is 0.432. The zero-order valence-electron chi connectivity index (χ0n) is 13.5. The summed E-state index contributed by atoms with van der Waals surface area (Å²) in [4.78, 5) is 1.87. The molecule has 0 aromatic heterocycles. The van der Waals surface area contributed by atoms with E-state index in [4.69, 9.17) is 5.26 Å². The maximum Gasteiger partial charge on any atom is 0.179 e. The summed E-state index contributed by atoms with van der Waals surface area (Å²) in [5.41, 5.74) is 3.98. The summed E-state index contributed by atoms with van der Waals surface area (Å²) in [6.45, 7) is 3.53. The van der Waals surface area contributed by atoms with Crippen LogP contribution in [-0.4, -0.2) is 28.3 Å². The lowest BCUT2D eigenvalue weighted by molar-refractivity contribution is 0.341. The second-order valence-corrected chi connectivity index (χ2v) is 7.37. The molecule has 1 saturated heterocycles. The Kier molecular flexibility index (Phi) is 4.33. The Morgan fingerprint density at radius 3 is 2.67 bits per heavy atom. The third-order valence-electron chi connectivity index (χ3n) is 4.67. The number of nitrogens with zero attached hydrogens (tertiary/aromatic N) is 4. The van der Waals surface area contributed by atoms with Gasteiger partial charge in [0.2, 0.25) is 0 Å². The van der Waals surface area contributed by atoms with Crippen molar-refractivity contribution < 1.29 is 0 Å². The third kappa shape index (κ3) is 3.08. The standard InChI is InChI=1S/C19H20N4S/c20-15-21-11-10-18(14-21)22-13-17-8-4-5-9-19(17)23(24-22)12-16-6-2-1-3-7-16/h1-9,18H,10-14H2. The van der Waals surface area contributed by atoms with Crippen molar-refractivity contribution in [1.29, 1.82) is 5.26 Å². The van der Waals surface area contributed by atoms with E-state index in [0.717, 1.165) is 32.6 Å². The van der Waals surface area contributed by atoms with Crippen molar-refractivity contribution in [3.8, 4) is 6.19 Å². The lowest BCUT2D eigenvalue weighted by Gasteiger charge is -2.39. The topological polar surface area (TPSA) is 33.5 Å². The van der Waals surface area contributed by atoms with Gasteiger partial charge in [-0.05, 0) is 23.6 Å². The Hall–Kier alpha value is -2.16. The molecule has 2 aromatic carbocycles. The molecular formula is C19H20N4S. The van der Waals surface area contributed by atoms with Crippen LogP contribution in [0, 0.1) is 11.5 Å². The van der Waals surface area contributed by atoms with Gasteiger partial charge in [-0.1, -0.05) is 48.5 Å². The number of nitriles is 1. The SMILES string of the molecule is N#CN1CCC(N2Cc3ccccc3N(Cc3ccccc3)S2)C1. The van der Waals surface area contributed by atoms with Gasteiger partial charge in [0, 0.05) is 37.8 Å². The van der Waals surface area contributed by atoms with Gasteiger partial charge in [-0.3, -0.25) is 4.31 Å². The number of para-hydroxylation sites is 1. The highest BCUT2D eigenvalue weighted by Gasteiger charge is 2.33.